The molecule has 4 aromatic rings. The molecule has 0 saturated heterocycles. The van der Waals surface area contributed by atoms with Crippen LogP contribution in [0.4, 0.5) is 5.69 Å². The van der Waals surface area contributed by atoms with Crippen molar-refractivity contribution in [3.05, 3.63) is 59.9 Å². The maximum absolute atomic E-state index is 12.1. The molecule has 4 rings (SSSR count). The first-order valence-corrected chi connectivity index (χ1v) is 10.3. The van der Waals surface area contributed by atoms with Gasteiger partial charge in [0.15, 0.2) is 17.5 Å². The summed E-state index contributed by atoms with van der Waals surface area (Å²) in [4.78, 5) is 12.8. The number of aryl methyl sites for hydroxylation is 2. The fourth-order valence-electron chi connectivity index (χ4n) is 2.71. The molecular formula is C20H18N6O2S2. The van der Waals surface area contributed by atoms with Crippen LogP contribution in [0.2, 0.25) is 0 Å². The SMILES string of the molecule is Cc1ccccc1OCC(=O)NC(=S)Nc1ccc(-c2nn3c(C)nnc3s2)cc1. The topological polar surface area (TPSA) is 93.4 Å². The molecule has 0 aliphatic heterocycles. The first kappa shape index (κ1) is 19.9. The summed E-state index contributed by atoms with van der Waals surface area (Å²) in [6.07, 6.45) is 0. The Kier molecular flexibility index (Phi) is 5.68. The second-order valence-electron chi connectivity index (χ2n) is 6.48. The van der Waals surface area contributed by atoms with Crippen LogP contribution in [0, 0.1) is 13.8 Å². The number of nitrogens with one attached hydrogen (secondary N) is 2. The smallest absolute Gasteiger partial charge is 0.264 e. The van der Waals surface area contributed by atoms with Crippen molar-refractivity contribution in [2.45, 2.75) is 13.8 Å². The number of nitrogens with zero attached hydrogens (tertiary/aromatic N) is 4. The Hall–Kier alpha value is -3.37. The second kappa shape index (κ2) is 8.56. The quantitative estimate of drug-likeness (QED) is 0.462. The monoisotopic (exact) mass is 438 g/mol. The molecule has 2 aromatic heterocycles. The molecule has 2 heterocycles. The fourth-order valence-corrected chi connectivity index (χ4v) is 3.84. The number of aromatic nitrogens is 4. The number of fused-ring (bicyclic) bond motifs is 1. The first-order valence-electron chi connectivity index (χ1n) is 9.08. The third kappa shape index (κ3) is 4.44. The number of thiocarbonyl (C=S) groups is 1. The van der Waals surface area contributed by atoms with Gasteiger partial charge in [-0.25, -0.2) is 0 Å². The van der Waals surface area contributed by atoms with Crippen LogP contribution in [0.5, 0.6) is 5.75 Å². The summed E-state index contributed by atoms with van der Waals surface area (Å²) < 4.78 is 7.24. The summed E-state index contributed by atoms with van der Waals surface area (Å²) >= 11 is 6.68. The Morgan fingerprint density at radius 3 is 2.63 bits per heavy atom. The van der Waals surface area contributed by atoms with Crippen LogP contribution in [0.15, 0.2) is 48.5 Å². The Morgan fingerprint density at radius 2 is 1.90 bits per heavy atom. The minimum atomic E-state index is -0.331. The average Bonchev–Trinajstić information content (AvgIpc) is 3.30. The van der Waals surface area contributed by atoms with Gasteiger partial charge < -0.3 is 10.1 Å². The van der Waals surface area contributed by atoms with Gasteiger partial charge in [0, 0.05) is 11.3 Å². The van der Waals surface area contributed by atoms with Crippen molar-refractivity contribution in [1.29, 1.82) is 0 Å². The van der Waals surface area contributed by atoms with E-state index in [-0.39, 0.29) is 17.6 Å². The molecule has 0 unspecified atom stereocenters. The number of para-hydroxylation sites is 1. The molecule has 2 N–H and O–H groups in total. The predicted molar refractivity (Wildman–Crippen MR) is 120 cm³/mol. The number of carbonyl (C=O) groups is 1. The summed E-state index contributed by atoms with van der Waals surface area (Å²) in [5.74, 6) is 1.09. The fraction of sp³-hybridized carbons (Fsp3) is 0.150. The van der Waals surface area contributed by atoms with E-state index in [4.69, 9.17) is 17.0 Å². The van der Waals surface area contributed by atoms with Gasteiger partial charge in [0.05, 0.1) is 0 Å². The molecule has 0 aliphatic carbocycles. The molecular weight excluding hydrogens is 420 g/mol. The van der Waals surface area contributed by atoms with Crippen LogP contribution in [0.3, 0.4) is 0 Å². The van der Waals surface area contributed by atoms with E-state index < -0.39 is 0 Å². The highest BCUT2D eigenvalue weighted by Crippen LogP contribution is 2.26. The van der Waals surface area contributed by atoms with Crippen LogP contribution < -0.4 is 15.4 Å². The van der Waals surface area contributed by atoms with Crippen LogP contribution in [-0.2, 0) is 4.79 Å². The number of anilines is 1. The largest absolute Gasteiger partial charge is 0.483 e. The minimum absolute atomic E-state index is 0.119. The predicted octanol–water partition coefficient (Wildman–Crippen LogP) is 3.36. The molecule has 1 amide bonds. The van der Waals surface area contributed by atoms with E-state index in [1.807, 2.05) is 62.4 Å². The van der Waals surface area contributed by atoms with E-state index in [9.17, 15) is 4.79 Å². The lowest BCUT2D eigenvalue weighted by molar-refractivity contribution is -0.121. The summed E-state index contributed by atoms with van der Waals surface area (Å²) in [7, 11) is 0. The third-order valence-electron chi connectivity index (χ3n) is 4.24. The molecule has 0 bridgehead atoms. The molecule has 2 aromatic carbocycles. The normalized spacial score (nSPS) is 10.7. The van der Waals surface area contributed by atoms with Crippen molar-refractivity contribution in [2.75, 3.05) is 11.9 Å². The van der Waals surface area contributed by atoms with Crippen molar-refractivity contribution >= 4 is 45.2 Å². The van der Waals surface area contributed by atoms with Gasteiger partial charge in [-0.2, -0.15) is 9.61 Å². The second-order valence-corrected chi connectivity index (χ2v) is 7.85. The highest BCUT2D eigenvalue weighted by atomic mass is 32.1. The van der Waals surface area contributed by atoms with Crippen molar-refractivity contribution in [3.8, 4) is 16.3 Å². The van der Waals surface area contributed by atoms with Gasteiger partial charge in [-0.3, -0.25) is 10.1 Å². The molecule has 30 heavy (non-hydrogen) atoms. The van der Waals surface area contributed by atoms with Crippen molar-refractivity contribution in [2.24, 2.45) is 0 Å². The van der Waals surface area contributed by atoms with Crippen LogP contribution in [0.1, 0.15) is 11.4 Å². The van der Waals surface area contributed by atoms with Crippen LogP contribution in [0.25, 0.3) is 15.5 Å². The van der Waals surface area contributed by atoms with Gasteiger partial charge in [-0.15, -0.1) is 10.2 Å². The van der Waals surface area contributed by atoms with E-state index in [0.717, 1.165) is 32.6 Å². The zero-order chi connectivity index (χ0) is 21.1. The molecule has 0 radical (unpaired) electrons. The maximum atomic E-state index is 12.1. The number of rotatable bonds is 5. The van der Waals surface area contributed by atoms with Crippen molar-refractivity contribution < 1.29 is 9.53 Å². The Labute approximate surface area is 181 Å². The third-order valence-corrected chi connectivity index (χ3v) is 5.39. The average molecular weight is 439 g/mol. The Morgan fingerprint density at radius 1 is 1.13 bits per heavy atom. The minimum Gasteiger partial charge on any atom is -0.483 e. The molecule has 10 heteroatoms. The van der Waals surface area contributed by atoms with Gasteiger partial charge in [0.2, 0.25) is 4.96 Å². The highest BCUT2D eigenvalue weighted by molar-refractivity contribution is 7.80. The number of hydrogen-bond acceptors (Lipinski definition) is 7. The molecule has 0 fully saturated rings. The lowest BCUT2D eigenvalue weighted by atomic mass is 10.2. The number of hydrogen-bond donors (Lipinski definition) is 2. The zero-order valence-corrected chi connectivity index (χ0v) is 17.9. The van der Waals surface area contributed by atoms with Crippen molar-refractivity contribution in [3.63, 3.8) is 0 Å². The van der Waals surface area contributed by atoms with E-state index >= 15 is 0 Å². The maximum Gasteiger partial charge on any atom is 0.264 e. The highest BCUT2D eigenvalue weighted by Gasteiger charge is 2.11. The van der Waals surface area contributed by atoms with Gasteiger partial charge in [0.1, 0.15) is 10.8 Å². The lowest BCUT2D eigenvalue weighted by Crippen LogP contribution is -2.37. The van der Waals surface area contributed by atoms with Crippen LogP contribution >= 0.6 is 23.6 Å². The van der Waals surface area contributed by atoms with Crippen molar-refractivity contribution in [1.82, 2.24) is 25.1 Å². The van der Waals surface area contributed by atoms with Gasteiger partial charge >= 0.3 is 0 Å². The van der Waals surface area contributed by atoms with Gasteiger partial charge in [-0.1, -0.05) is 29.5 Å². The molecule has 8 nitrogen and oxygen atoms in total. The van der Waals surface area contributed by atoms with Gasteiger partial charge in [0.25, 0.3) is 5.91 Å². The number of amides is 1. The van der Waals surface area contributed by atoms with Crippen LogP contribution in [-0.4, -0.2) is 37.4 Å². The molecule has 152 valence electrons. The number of carbonyl (C=O) groups excluding carboxylic acids is 1. The molecule has 0 atom stereocenters. The van der Waals surface area contributed by atoms with E-state index in [0.29, 0.717) is 5.75 Å². The molecule has 0 aliphatic rings. The molecule has 0 saturated carbocycles. The van der Waals surface area contributed by atoms with E-state index in [1.165, 1.54) is 11.3 Å². The number of ether oxygens (including phenoxy) is 1. The van der Waals surface area contributed by atoms with Gasteiger partial charge in [-0.05, 0) is 62.0 Å². The van der Waals surface area contributed by atoms with E-state index in [2.05, 4.69) is 25.9 Å². The zero-order valence-electron chi connectivity index (χ0n) is 16.2. The number of benzene rings is 2. The Balaban J connectivity index is 1.32. The van der Waals surface area contributed by atoms with E-state index in [1.54, 1.807) is 4.52 Å². The first-order chi connectivity index (χ1) is 14.5. The Bertz CT molecular complexity index is 1220. The lowest BCUT2D eigenvalue weighted by Gasteiger charge is -2.11. The summed E-state index contributed by atoms with van der Waals surface area (Å²) in [6, 6.07) is 15.1. The summed E-state index contributed by atoms with van der Waals surface area (Å²) in [5.41, 5.74) is 2.67. The standard InChI is InChI=1S/C20H18N6O2S2/c1-12-5-3-4-6-16(12)28-11-17(27)22-19(29)21-15-9-7-14(8-10-15)18-25-26-13(2)23-24-20(26)30-18/h3-10H,11H2,1-2H3,(H2,21,22,27,29). The molecule has 0 spiro atoms. The summed E-state index contributed by atoms with van der Waals surface area (Å²) in [6.45, 7) is 3.66. The summed E-state index contributed by atoms with van der Waals surface area (Å²) in [5, 5.41) is 19.2.